The summed E-state index contributed by atoms with van der Waals surface area (Å²) in [6.45, 7) is 1.98. The number of pyridine rings is 1. The van der Waals surface area contributed by atoms with Gasteiger partial charge in [0.25, 0.3) is 0 Å². The van der Waals surface area contributed by atoms with E-state index in [0.29, 0.717) is 22.2 Å². The maximum atomic E-state index is 6.29. The molecule has 0 unspecified atom stereocenters. The first-order chi connectivity index (χ1) is 9.66. The van der Waals surface area contributed by atoms with Crippen LogP contribution in [-0.2, 0) is 0 Å². The van der Waals surface area contributed by atoms with Crippen molar-refractivity contribution in [2.75, 3.05) is 5.73 Å². The third-order valence-electron chi connectivity index (χ3n) is 3.04. The predicted octanol–water partition coefficient (Wildman–Crippen LogP) is 3.95. The lowest BCUT2D eigenvalue weighted by Crippen LogP contribution is -1.89. The Kier molecular flexibility index (Phi) is 3.16. The molecule has 0 atom stereocenters. The van der Waals surface area contributed by atoms with Crippen molar-refractivity contribution in [2.24, 2.45) is 0 Å². The summed E-state index contributed by atoms with van der Waals surface area (Å²) in [6.07, 6.45) is 3.42. The Labute approximate surface area is 121 Å². The highest BCUT2D eigenvalue weighted by atomic mass is 35.5. The molecule has 4 nitrogen and oxygen atoms in total. The molecular formula is C15H12ClN3O. The van der Waals surface area contributed by atoms with Gasteiger partial charge < -0.3 is 10.3 Å². The Morgan fingerprint density at radius 3 is 2.80 bits per heavy atom. The second-order valence-corrected chi connectivity index (χ2v) is 4.90. The molecule has 100 valence electrons. The van der Waals surface area contributed by atoms with Crippen LogP contribution in [0.3, 0.4) is 0 Å². The molecule has 5 heteroatoms. The van der Waals surface area contributed by atoms with Crippen molar-refractivity contribution in [3.63, 3.8) is 0 Å². The molecule has 0 aliphatic heterocycles. The summed E-state index contributed by atoms with van der Waals surface area (Å²) in [4.78, 5) is 4.10. The van der Waals surface area contributed by atoms with E-state index in [4.69, 9.17) is 21.9 Å². The summed E-state index contributed by atoms with van der Waals surface area (Å²) in [5.41, 5.74) is 9.31. The van der Waals surface area contributed by atoms with Gasteiger partial charge in [-0.05, 0) is 30.7 Å². The predicted molar refractivity (Wildman–Crippen MR) is 79.3 cm³/mol. The third kappa shape index (κ3) is 2.14. The highest BCUT2D eigenvalue weighted by Crippen LogP contribution is 2.39. The van der Waals surface area contributed by atoms with E-state index in [1.54, 1.807) is 12.4 Å². The minimum Gasteiger partial charge on any atom is -0.380 e. The third-order valence-corrected chi connectivity index (χ3v) is 3.35. The van der Waals surface area contributed by atoms with Crippen LogP contribution in [0, 0.1) is 6.92 Å². The number of aryl methyl sites for hydroxylation is 1. The van der Waals surface area contributed by atoms with Crippen molar-refractivity contribution in [2.45, 2.75) is 6.92 Å². The number of anilines is 1. The number of nitrogens with two attached hydrogens (primary N) is 1. The molecule has 2 heterocycles. The number of nitrogens with zero attached hydrogens (tertiary/aromatic N) is 2. The van der Waals surface area contributed by atoms with Gasteiger partial charge in [0.15, 0.2) is 11.6 Å². The molecule has 2 aromatic heterocycles. The largest absolute Gasteiger partial charge is 0.380 e. The van der Waals surface area contributed by atoms with Crippen molar-refractivity contribution >= 4 is 17.4 Å². The van der Waals surface area contributed by atoms with Crippen molar-refractivity contribution in [1.82, 2.24) is 10.1 Å². The monoisotopic (exact) mass is 285 g/mol. The van der Waals surface area contributed by atoms with Gasteiger partial charge >= 0.3 is 0 Å². The normalized spacial score (nSPS) is 10.7. The standard InChI is InChI=1S/C15H12ClN3O/c1-9-4-5-11(12(16)7-9)14-13(15(17)19-20-14)10-3-2-6-18-8-10/h2-8H,1H3,(H2,17,19). The Balaban J connectivity index is 2.21. The van der Waals surface area contributed by atoms with E-state index in [9.17, 15) is 0 Å². The molecule has 2 N–H and O–H groups in total. The summed E-state index contributed by atoms with van der Waals surface area (Å²) in [5.74, 6) is 0.880. The van der Waals surface area contributed by atoms with Gasteiger partial charge in [-0.2, -0.15) is 0 Å². The zero-order valence-corrected chi connectivity index (χ0v) is 11.6. The van der Waals surface area contributed by atoms with Crippen molar-refractivity contribution in [3.8, 4) is 22.5 Å². The summed E-state index contributed by atoms with van der Waals surface area (Å²) in [5, 5.41) is 4.45. The van der Waals surface area contributed by atoms with E-state index >= 15 is 0 Å². The number of aromatic nitrogens is 2. The summed E-state index contributed by atoms with van der Waals surface area (Å²) in [7, 11) is 0. The van der Waals surface area contributed by atoms with Gasteiger partial charge in [0, 0.05) is 23.5 Å². The Morgan fingerprint density at radius 1 is 1.25 bits per heavy atom. The highest BCUT2D eigenvalue weighted by Gasteiger charge is 2.19. The fourth-order valence-electron chi connectivity index (χ4n) is 2.08. The first-order valence-electron chi connectivity index (χ1n) is 6.09. The summed E-state index contributed by atoms with van der Waals surface area (Å²) >= 11 is 6.29. The van der Waals surface area contributed by atoms with Gasteiger partial charge in [-0.3, -0.25) is 4.98 Å². The molecule has 1 aromatic carbocycles. The average Bonchev–Trinajstić information content (AvgIpc) is 2.81. The molecule has 0 radical (unpaired) electrons. The van der Waals surface area contributed by atoms with Crippen molar-refractivity contribution < 1.29 is 4.52 Å². The maximum absolute atomic E-state index is 6.29. The molecule has 0 aliphatic carbocycles. The summed E-state index contributed by atoms with van der Waals surface area (Å²) in [6, 6.07) is 9.48. The van der Waals surface area contributed by atoms with E-state index in [2.05, 4.69) is 10.1 Å². The topological polar surface area (TPSA) is 64.9 Å². The van der Waals surface area contributed by atoms with Crippen LogP contribution in [0.15, 0.2) is 47.2 Å². The van der Waals surface area contributed by atoms with E-state index in [0.717, 1.165) is 16.7 Å². The SMILES string of the molecule is Cc1ccc(-c2onc(N)c2-c2cccnc2)c(Cl)c1. The Hall–Kier alpha value is -2.33. The number of halogens is 1. The lowest BCUT2D eigenvalue weighted by molar-refractivity contribution is 0.436. The van der Waals surface area contributed by atoms with Gasteiger partial charge in [0.05, 0.1) is 10.6 Å². The highest BCUT2D eigenvalue weighted by molar-refractivity contribution is 6.33. The van der Waals surface area contributed by atoms with E-state index < -0.39 is 0 Å². The van der Waals surface area contributed by atoms with Gasteiger partial charge in [-0.15, -0.1) is 0 Å². The molecular weight excluding hydrogens is 274 g/mol. The van der Waals surface area contributed by atoms with E-state index in [1.807, 2.05) is 37.3 Å². The number of benzene rings is 1. The van der Waals surface area contributed by atoms with Gasteiger partial charge in [-0.1, -0.05) is 28.9 Å². The molecule has 20 heavy (non-hydrogen) atoms. The van der Waals surface area contributed by atoms with E-state index in [1.165, 1.54) is 0 Å². The number of nitrogen functional groups attached to an aromatic ring is 1. The first-order valence-corrected chi connectivity index (χ1v) is 6.46. The summed E-state index contributed by atoms with van der Waals surface area (Å²) < 4.78 is 5.37. The van der Waals surface area contributed by atoms with Gasteiger partial charge in [0.1, 0.15) is 0 Å². The van der Waals surface area contributed by atoms with Gasteiger partial charge in [0.2, 0.25) is 0 Å². The van der Waals surface area contributed by atoms with Crippen LogP contribution in [0.5, 0.6) is 0 Å². The molecule has 3 aromatic rings. The number of hydrogen-bond donors (Lipinski definition) is 1. The fraction of sp³-hybridized carbons (Fsp3) is 0.0667. The van der Waals surface area contributed by atoms with Crippen LogP contribution in [0.1, 0.15) is 5.56 Å². The Bertz CT molecular complexity index is 753. The molecule has 0 bridgehead atoms. The van der Waals surface area contributed by atoms with Crippen molar-refractivity contribution in [1.29, 1.82) is 0 Å². The van der Waals surface area contributed by atoms with Crippen LogP contribution in [0.4, 0.5) is 5.82 Å². The minimum absolute atomic E-state index is 0.324. The first kappa shape index (κ1) is 12.7. The molecule has 0 saturated carbocycles. The van der Waals surface area contributed by atoms with Gasteiger partial charge in [-0.25, -0.2) is 0 Å². The molecule has 3 rings (SSSR count). The second-order valence-electron chi connectivity index (χ2n) is 4.50. The molecule has 0 fully saturated rings. The zero-order valence-electron chi connectivity index (χ0n) is 10.8. The van der Waals surface area contributed by atoms with Crippen LogP contribution >= 0.6 is 11.6 Å². The molecule has 0 aliphatic rings. The molecule has 0 saturated heterocycles. The van der Waals surface area contributed by atoms with Crippen molar-refractivity contribution in [3.05, 3.63) is 53.3 Å². The minimum atomic E-state index is 0.324. The number of rotatable bonds is 2. The van der Waals surface area contributed by atoms with Crippen LogP contribution < -0.4 is 5.73 Å². The number of hydrogen-bond acceptors (Lipinski definition) is 4. The second kappa shape index (κ2) is 4.98. The average molecular weight is 286 g/mol. The fourth-order valence-corrected chi connectivity index (χ4v) is 2.40. The lowest BCUT2D eigenvalue weighted by atomic mass is 10.0. The lowest BCUT2D eigenvalue weighted by Gasteiger charge is -2.05. The Morgan fingerprint density at radius 2 is 2.10 bits per heavy atom. The van der Waals surface area contributed by atoms with Crippen LogP contribution in [0.25, 0.3) is 22.5 Å². The molecule has 0 spiro atoms. The van der Waals surface area contributed by atoms with Crippen LogP contribution in [-0.4, -0.2) is 10.1 Å². The van der Waals surface area contributed by atoms with Crippen LogP contribution in [0.2, 0.25) is 5.02 Å². The maximum Gasteiger partial charge on any atom is 0.178 e. The van der Waals surface area contributed by atoms with E-state index in [-0.39, 0.29) is 0 Å². The molecule has 0 amide bonds. The zero-order chi connectivity index (χ0) is 14.1. The quantitative estimate of drug-likeness (QED) is 0.774. The smallest absolute Gasteiger partial charge is 0.178 e.